The number of rotatable bonds is 8. The van der Waals surface area contributed by atoms with Gasteiger partial charge in [-0.1, -0.05) is 24.3 Å². The number of amides is 1. The lowest BCUT2D eigenvalue weighted by atomic mass is 9.98. The Labute approximate surface area is 166 Å². The van der Waals surface area contributed by atoms with Gasteiger partial charge in [0, 0.05) is 24.9 Å². The van der Waals surface area contributed by atoms with Crippen molar-refractivity contribution in [3.05, 3.63) is 59.2 Å². The minimum absolute atomic E-state index is 0.0455. The predicted octanol–water partition coefficient (Wildman–Crippen LogP) is 3.38. The van der Waals surface area contributed by atoms with Crippen LogP contribution in [0.5, 0.6) is 0 Å². The van der Waals surface area contributed by atoms with Gasteiger partial charge in [-0.15, -0.1) is 0 Å². The first-order valence-electron chi connectivity index (χ1n) is 8.86. The molecule has 6 nitrogen and oxygen atoms in total. The predicted molar refractivity (Wildman–Crippen MR) is 101 cm³/mol. The molecule has 1 N–H and O–H groups in total. The maximum atomic E-state index is 14.5. The molecule has 0 saturated heterocycles. The zero-order valence-electron chi connectivity index (χ0n) is 16.1. The lowest BCUT2D eigenvalue weighted by molar-refractivity contribution is -0.140. The van der Waals surface area contributed by atoms with E-state index in [9.17, 15) is 23.2 Å². The molecule has 0 radical (unpaired) electrons. The average Bonchev–Trinajstić information content (AvgIpc) is 2.71. The van der Waals surface area contributed by atoms with Crippen LogP contribution in [0.2, 0.25) is 0 Å². The summed E-state index contributed by atoms with van der Waals surface area (Å²) in [5.41, 5.74) is 0.455. The van der Waals surface area contributed by atoms with Gasteiger partial charge in [-0.2, -0.15) is 0 Å². The molecule has 0 bridgehead atoms. The zero-order chi connectivity index (χ0) is 21.4. The van der Waals surface area contributed by atoms with Crippen LogP contribution in [0, 0.1) is 11.6 Å². The summed E-state index contributed by atoms with van der Waals surface area (Å²) in [5, 5.41) is 2.57. The summed E-state index contributed by atoms with van der Waals surface area (Å²) in [5.74, 6) is -2.96. The van der Waals surface area contributed by atoms with Crippen molar-refractivity contribution in [2.24, 2.45) is 0 Å². The quantitative estimate of drug-likeness (QED) is 0.681. The third-order valence-corrected chi connectivity index (χ3v) is 4.26. The maximum absolute atomic E-state index is 14.5. The second-order valence-corrected chi connectivity index (χ2v) is 6.17. The van der Waals surface area contributed by atoms with Crippen molar-refractivity contribution in [1.29, 1.82) is 0 Å². The molecule has 29 heavy (non-hydrogen) atoms. The fourth-order valence-corrected chi connectivity index (χ4v) is 2.71. The average molecular weight is 405 g/mol. The molecule has 2 aromatic carbocycles. The van der Waals surface area contributed by atoms with Crippen LogP contribution in [0.25, 0.3) is 11.1 Å². The van der Waals surface area contributed by atoms with Crippen LogP contribution in [0.15, 0.2) is 36.4 Å². The maximum Gasteiger partial charge on any atom is 0.341 e. The smallest absolute Gasteiger partial charge is 0.341 e. The van der Waals surface area contributed by atoms with Crippen molar-refractivity contribution >= 4 is 17.8 Å². The molecular weight excluding hydrogens is 384 g/mol. The number of carbonyl (C=O) groups is 3. The lowest BCUT2D eigenvalue weighted by Crippen LogP contribution is -2.23. The number of carbonyl (C=O) groups excluding carboxylic acids is 3. The third kappa shape index (κ3) is 5.84. The first-order chi connectivity index (χ1) is 13.9. The van der Waals surface area contributed by atoms with E-state index < -0.39 is 23.6 Å². The monoisotopic (exact) mass is 405 g/mol. The molecule has 0 aromatic heterocycles. The Morgan fingerprint density at radius 2 is 1.72 bits per heavy atom. The second-order valence-electron chi connectivity index (χ2n) is 6.17. The van der Waals surface area contributed by atoms with E-state index in [1.54, 1.807) is 0 Å². The van der Waals surface area contributed by atoms with Gasteiger partial charge in [0.25, 0.3) is 0 Å². The Morgan fingerprint density at radius 1 is 0.966 bits per heavy atom. The number of methoxy groups -OCH3 is 2. The van der Waals surface area contributed by atoms with Crippen molar-refractivity contribution in [2.75, 3.05) is 14.2 Å². The first-order valence-corrected chi connectivity index (χ1v) is 8.86. The molecule has 0 spiro atoms. The molecule has 2 aromatic rings. The highest BCUT2D eigenvalue weighted by Gasteiger charge is 2.19. The van der Waals surface area contributed by atoms with Crippen molar-refractivity contribution in [3.8, 4) is 11.1 Å². The molecule has 0 aliphatic heterocycles. The molecule has 0 unspecified atom stereocenters. The number of ether oxygens (including phenoxy) is 2. The fraction of sp³-hybridized carbons (Fsp3) is 0.286. The van der Waals surface area contributed by atoms with Gasteiger partial charge in [-0.3, -0.25) is 9.59 Å². The standard InChI is InChI=1S/C21H21F2NO5/c1-28-19(26)8-4-7-18(25)24-12-14-10-9-13(11-17(14)23)15-5-3-6-16(22)20(15)21(27)29-2/h3,5-6,9-11H,4,7-8,12H2,1-2H3,(H,24,25). The fourth-order valence-electron chi connectivity index (χ4n) is 2.71. The van der Waals surface area contributed by atoms with Crippen LogP contribution in [-0.4, -0.2) is 32.1 Å². The summed E-state index contributed by atoms with van der Waals surface area (Å²) in [7, 11) is 2.41. The topological polar surface area (TPSA) is 81.7 Å². The molecule has 0 aliphatic rings. The van der Waals surface area contributed by atoms with Crippen LogP contribution in [0.4, 0.5) is 8.78 Å². The van der Waals surface area contributed by atoms with E-state index in [-0.39, 0.29) is 42.0 Å². The molecule has 2 rings (SSSR count). The number of hydrogen-bond donors (Lipinski definition) is 1. The van der Waals surface area contributed by atoms with E-state index >= 15 is 0 Å². The molecule has 154 valence electrons. The van der Waals surface area contributed by atoms with Gasteiger partial charge in [0.15, 0.2) is 0 Å². The third-order valence-electron chi connectivity index (χ3n) is 4.26. The van der Waals surface area contributed by atoms with Gasteiger partial charge in [0.05, 0.1) is 14.2 Å². The van der Waals surface area contributed by atoms with Gasteiger partial charge in [-0.25, -0.2) is 13.6 Å². The van der Waals surface area contributed by atoms with Gasteiger partial charge in [0.2, 0.25) is 5.91 Å². The molecular formula is C21H21F2NO5. The van der Waals surface area contributed by atoms with E-state index in [2.05, 4.69) is 14.8 Å². The molecule has 0 heterocycles. The summed E-state index contributed by atoms with van der Waals surface area (Å²) >= 11 is 0. The van der Waals surface area contributed by atoms with E-state index in [1.165, 1.54) is 37.4 Å². The normalized spacial score (nSPS) is 10.3. The van der Waals surface area contributed by atoms with Crippen LogP contribution in [0.1, 0.15) is 35.2 Å². The summed E-state index contributed by atoms with van der Waals surface area (Å²) in [4.78, 5) is 34.7. The van der Waals surface area contributed by atoms with E-state index in [4.69, 9.17) is 0 Å². The Bertz CT molecular complexity index is 914. The van der Waals surface area contributed by atoms with Crippen molar-refractivity contribution in [2.45, 2.75) is 25.8 Å². The summed E-state index contributed by atoms with van der Waals surface area (Å²) in [6.45, 7) is -0.0455. The second kappa shape index (κ2) is 10.3. The van der Waals surface area contributed by atoms with Gasteiger partial charge in [0.1, 0.15) is 17.2 Å². The highest BCUT2D eigenvalue weighted by Crippen LogP contribution is 2.28. The number of nitrogens with one attached hydrogen (secondary N) is 1. The molecule has 0 fully saturated rings. The van der Waals surface area contributed by atoms with E-state index in [0.717, 1.165) is 13.2 Å². The minimum Gasteiger partial charge on any atom is -0.469 e. The van der Waals surface area contributed by atoms with Crippen molar-refractivity contribution in [1.82, 2.24) is 5.32 Å². The number of benzene rings is 2. The van der Waals surface area contributed by atoms with E-state index in [1.807, 2.05) is 0 Å². The largest absolute Gasteiger partial charge is 0.469 e. The van der Waals surface area contributed by atoms with Gasteiger partial charge >= 0.3 is 11.9 Å². The Hall–Kier alpha value is -3.29. The summed E-state index contributed by atoms with van der Waals surface area (Å²) < 4.78 is 37.6. The number of esters is 2. The van der Waals surface area contributed by atoms with Crippen molar-refractivity contribution in [3.63, 3.8) is 0 Å². The van der Waals surface area contributed by atoms with Crippen LogP contribution < -0.4 is 5.32 Å². The first kappa shape index (κ1) is 22.0. The molecule has 0 atom stereocenters. The van der Waals surface area contributed by atoms with Crippen LogP contribution in [0.3, 0.4) is 0 Å². The van der Waals surface area contributed by atoms with Crippen LogP contribution in [-0.2, 0) is 25.6 Å². The number of halogens is 2. The van der Waals surface area contributed by atoms with E-state index in [0.29, 0.717) is 12.0 Å². The Kier molecular flexibility index (Phi) is 7.82. The van der Waals surface area contributed by atoms with Crippen molar-refractivity contribution < 1.29 is 32.6 Å². The molecule has 1 amide bonds. The Morgan fingerprint density at radius 3 is 2.38 bits per heavy atom. The van der Waals surface area contributed by atoms with Crippen LogP contribution >= 0.6 is 0 Å². The summed E-state index contributed by atoms with van der Waals surface area (Å²) in [6.07, 6.45) is 0.569. The SMILES string of the molecule is COC(=O)CCCC(=O)NCc1ccc(-c2cccc(F)c2C(=O)OC)cc1F. The zero-order valence-corrected chi connectivity index (χ0v) is 16.1. The molecule has 8 heteroatoms. The van der Waals surface area contributed by atoms with Gasteiger partial charge in [-0.05, 0) is 29.7 Å². The number of hydrogen-bond acceptors (Lipinski definition) is 5. The summed E-state index contributed by atoms with van der Waals surface area (Å²) in [6, 6.07) is 8.18. The Balaban J connectivity index is 2.08. The van der Waals surface area contributed by atoms with Gasteiger partial charge < -0.3 is 14.8 Å². The highest BCUT2D eigenvalue weighted by atomic mass is 19.1. The molecule has 0 saturated carbocycles. The lowest BCUT2D eigenvalue weighted by Gasteiger charge is -2.11. The minimum atomic E-state index is -0.859. The molecule has 0 aliphatic carbocycles. The highest BCUT2D eigenvalue weighted by molar-refractivity contribution is 5.97.